The smallest absolute Gasteiger partial charge is 0.323 e. The van der Waals surface area contributed by atoms with E-state index in [1.807, 2.05) is 6.92 Å². The Labute approximate surface area is 91.8 Å². The predicted molar refractivity (Wildman–Crippen MR) is 53.9 cm³/mol. The van der Waals surface area contributed by atoms with Crippen LogP contribution in [-0.4, -0.2) is 35.1 Å². The van der Waals surface area contributed by atoms with Crippen molar-refractivity contribution in [2.75, 3.05) is 13.1 Å². The maximum atomic E-state index is 11.4. The molecule has 1 saturated heterocycles. The van der Waals surface area contributed by atoms with Crippen LogP contribution in [0.4, 0.5) is 4.79 Å². The molecule has 0 radical (unpaired) electrons. The first-order valence-electron chi connectivity index (χ1n) is 4.90. The molecule has 0 aromatic carbocycles. The molecular weight excluding hydrogens is 212 g/mol. The second-order valence-electron chi connectivity index (χ2n) is 3.72. The molecule has 1 aromatic rings. The van der Waals surface area contributed by atoms with Crippen LogP contribution in [0.15, 0.2) is 16.5 Å². The number of carboxylic acid groups (broad SMARTS) is 1. The number of aryl methyl sites for hydroxylation is 1. The molecule has 1 aliphatic heterocycles. The van der Waals surface area contributed by atoms with E-state index in [2.05, 4.69) is 5.32 Å². The van der Waals surface area contributed by atoms with Crippen LogP contribution < -0.4 is 5.32 Å². The van der Waals surface area contributed by atoms with E-state index in [0.717, 1.165) is 5.76 Å². The van der Waals surface area contributed by atoms with Gasteiger partial charge in [-0.1, -0.05) is 0 Å². The summed E-state index contributed by atoms with van der Waals surface area (Å²) in [6.07, 6.45) is 0. The van der Waals surface area contributed by atoms with Crippen LogP contribution in [0.2, 0.25) is 0 Å². The van der Waals surface area contributed by atoms with Gasteiger partial charge in [-0.25, -0.2) is 4.79 Å². The normalized spacial score (nSPS) is 19.9. The van der Waals surface area contributed by atoms with Gasteiger partial charge in [-0.2, -0.15) is 0 Å². The van der Waals surface area contributed by atoms with Crippen molar-refractivity contribution in [2.24, 2.45) is 0 Å². The summed E-state index contributed by atoms with van der Waals surface area (Å²) in [4.78, 5) is 23.2. The monoisotopic (exact) mass is 224 g/mol. The average molecular weight is 224 g/mol. The van der Waals surface area contributed by atoms with Crippen LogP contribution >= 0.6 is 0 Å². The third-order valence-corrected chi connectivity index (χ3v) is 2.42. The molecule has 2 amide bonds. The minimum atomic E-state index is -1.02. The molecule has 1 unspecified atom stereocenters. The van der Waals surface area contributed by atoms with Crippen LogP contribution in [0.1, 0.15) is 17.6 Å². The van der Waals surface area contributed by atoms with Gasteiger partial charge in [0, 0.05) is 0 Å². The lowest BCUT2D eigenvalue weighted by Crippen LogP contribution is -2.32. The fraction of sp³-hybridized carbons (Fsp3) is 0.400. The number of carbonyl (C=O) groups is 2. The number of hydrogen-bond acceptors (Lipinski definition) is 3. The Balaban J connectivity index is 2.06. The number of aliphatic carboxylic acids is 1. The Morgan fingerprint density at radius 1 is 1.69 bits per heavy atom. The number of carbonyl (C=O) groups excluding carboxylic acids is 1. The van der Waals surface area contributed by atoms with Crippen molar-refractivity contribution in [1.82, 2.24) is 10.2 Å². The van der Waals surface area contributed by atoms with Crippen LogP contribution in [0.3, 0.4) is 0 Å². The Morgan fingerprint density at radius 2 is 2.44 bits per heavy atom. The fourth-order valence-corrected chi connectivity index (χ4v) is 1.69. The Hall–Kier alpha value is -1.98. The van der Waals surface area contributed by atoms with E-state index in [9.17, 15) is 9.59 Å². The van der Waals surface area contributed by atoms with E-state index in [1.54, 1.807) is 12.1 Å². The van der Waals surface area contributed by atoms with Gasteiger partial charge in [0.2, 0.25) is 0 Å². The average Bonchev–Trinajstić information content (AvgIpc) is 2.74. The van der Waals surface area contributed by atoms with Crippen molar-refractivity contribution in [1.29, 1.82) is 0 Å². The van der Waals surface area contributed by atoms with Crippen molar-refractivity contribution in [2.45, 2.75) is 13.0 Å². The number of carboxylic acids is 1. The third-order valence-electron chi connectivity index (χ3n) is 2.42. The second kappa shape index (κ2) is 3.88. The molecule has 1 atom stereocenters. The molecule has 1 aromatic heterocycles. The molecule has 2 N–H and O–H groups in total. The number of amides is 2. The van der Waals surface area contributed by atoms with E-state index in [0.29, 0.717) is 12.3 Å². The number of furan rings is 1. The highest BCUT2D eigenvalue weighted by Crippen LogP contribution is 2.21. The molecular formula is C10H12N2O4. The van der Waals surface area contributed by atoms with Gasteiger partial charge in [0.15, 0.2) is 0 Å². The van der Waals surface area contributed by atoms with Gasteiger partial charge in [0.25, 0.3) is 0 Å². The van der Waals surface area contributed by atoms with E-state index in [1.165, 1.54) is 4.90 Å². The first-order valence-corrected chi connectivity index (χ1v) is 4.90. The summed E-state index contributed by atoms with van der Waals surface area (Å²) >= 11 is 0. The SMILES string of the molecule is Cc1ccc(C2CN(CC(=O)O)C(=O)N2)o1. The molecule has 0 saturated carbocycles. The number of urea groups is 1. The van der Waals surface area contributed by atoms with Crippen molar-refractivity contribution < 1.29 is 19.1 Å². The first-order chi connectivity index (χ1) is 7.56. The van der Waals surface area contributed by atoms with E-state index < -0.39 is 5.97 Å². The van der Waals surface area contributed by atoms with Crippen molar-refractivity contribution in [3.05, 3.63) is 23.7 Å². The Morgan fingerprint density at radius 3 is 3.00 bits per heavy atom. The highest BCUT2D eigenvalue weighted by Gasteiger charge is 2.32. The van der Waals surface area contributed by atoms with Crippen molar-refractivity contribution in [3.63, 3.8) is 0 Å². The number of hydrogen-bond donors (Lipinski definition) is 2. The Bertz CT molecular complexity index is 426. The minimum absolute atomic E-state index is 0.263. The summed E-state index contributed by atoms with van der Waals surface area (Å²) in [5, 5.41) is 11.3. The lowest BCUT2D eigenvalue weighted by atomic mass is 10.2. The van der Waals surface area contributed by atoms with Gasteiger partial charge >= 0.3 is 12.0 Å². The minimum Gasteiger partial charge on any atom is -0.480 e. The molecule has 6 nitrogen and oxygen atoms in total. The largest absolute Gasteiger partial charge is 0.480 e. The molecule has 2 heterocycles. The maximum Gasteiger partial charge on any atom is 0.323 e. The zero-order valence-electron chi connectivity index (χ0n) is 8.77. The van der Waals surface area contributed by atoms with Crippen molar-refractivity contribution in [3.8, 4) is 0 Å². The maximum absolute atomic E-state index is 11.4. The summed E-state index contributed by atoms with van der Waals surface area (Å²) in [6.45, 7) is 1.84. The summed E-state index contributed by atoms with van der Waals surface area (Å²) in [7, 11) is 0. The summed E-state index contributed by atoms with van der Waals surface area (Å²) < 4.78 is 5.38. The molecule has 6 heteroatoms. The third kappa shape index (κ3) is 2.00. The lowest BCUT2D eigenvalue weighted by molar-refractivity contribution is -0.137. The standard InChI is InChI=1S/C10H12N2O4/c1-6-2-3-8(16-6)7-4-12(5-9(13)14)10(15)11-7/h2-3,7H,4-5H2,1H3,(H,11,15)(H,13,14). The van der Waals surface area contributed by atoms with E-state index >= 15 is 0 Å². The van der Waals surface area contributed by atoms with Crippen LogP contribution in [0.25, 0.3) is 0 Å². The molecule has 0 bridgehead atoms. The Kier molecular flexibility index (Phi) is 2.55. The summed E-state index contributed by atoms with van der Waals surface area (Å²) in [5.41, 5.74) is 0. The lowest BCUT2D eigenvalue weighted by Gasteiger charge is -2.10. The van der Waals surface area contributed by atoms with Crippen LogP contribution in [-0.2, 0) is 4.79 Å². The fourth-order valence-electron chi connectivity index (χ4n) is 1.69. The summed E-state index contributed by atoms with van der Waals surface area (Å²) in [6, 6.07) is 2.95. The van der Waals surface area contributed by atoms with Crippen LogP contribution in [0.5, 0.6) is 0 Å². The first kappa shape index (κ1) is 10.5. The second-order valence-corrected chi connectivity index (χ2v) is 3.72. The number of nitrogens with one attached hydrogen (secondary N) is 1. The van der Waals surface area contributed by atoms with Gasteiger partial charge in [-0.05, 0) is 19.1 Å². The summed E-state index contributed by atoms with van der Waals surface area (Å²) in [5.74, 6) is 0.395. The molecule has 0 spiro atoms. The van der Waals surface area contributed by atoms with Crippen molar-refractivity contribution >= 4 is 12.0 Å². The van der Waals surface area contributed by atoms with Gasteiger partial charge < -0.3 is 19.7 Å². The van der Waals surface area contributed by atoms with E-state index in [-0.39, 0.29) is 18.6 Å². The molecule has 2 rings (SSSR count). The molecule has 16 heavy (non-hydrogen) atoms. The van der Waals surface area contributed by atoms with Gasteiger partial charge in [-0.15, -0.1) is 0 Å². The molecule has 1 aliphatic rings. The predicted octanol–water partition coefficient (Wildman–Crippen LogP) is 0.739. The topological polar surface area (TPSA) is 82.8 Å². The highest BCUT2D eigenvalue weighted by atomic mass is 16.4. The quantitative estimate of drug-likeness (QED) is 0.793. The van der Waals surface area contributed by atoms with E-state index in [4.69, 9.17) is 9.52 Å². The molecule has 0 aliphatic carbocycles. The number of rotatable bonds is 3. The highest BCUT2D eigenvalue weighted by molar-refractivity contribution is 5.82. The zero-order chi connectivity index (χ0) is 11.7. The van der Waals surface area contributed by atoms with Gasteiger partial charge in [-0.3, -0.25) is 4.79 Å². The zero-order valence-corrected chi connectivity index (χ0v) is 8.77. The van der Waals surface area contributed by atoms with Gasteiger partial charge in [0.05, 0.1) is 6.54 Å². The number of nitrogens with zero attached hydrogens (tertiary/aromatic N) is 1. The molecule has 86 valence electrons. The molecule has 1 fully saturated rings. The van der Waals surface area contributed by atoms with Crippen LogP contribution in [0, 0.1) is 6.92 Å². The van der Waals surface area contributed by atoms with Gasteiger partial charge in [0.1, 0.15) is 24.1 Å².